The Morgan fingerprint density at radius 1 is 1.12 bits per heavy atom. The average molecular weight is 590 g/mol. The highest BCUT2D eigenvalue weighted by molar-refractivity contribution is 7.46. The predicted octanol–water partition coefficient (Wildman–Crippen LogP) is -1.37. The summed E-state index contributed by atoms with van der Waals surface area (Å²) >= 11 is 0. The summed E-state index contributed by atoms with van der Waals surface area (Å²) in [6.45, 7) is 0.266. The van der Waals surface area contributed by atoms with Crippen molar-refractivity contribution in [3.05, 3.63) is 38.7 Å². The van der Waals surface area contributed by atoms with Crippen LogP contribution in [0.25, 0.3) is 6.08 Å². The molecule has 17 heteroatoms. The van der Waals surface area contributed by atoms with E-state index in [1.165, 1.54) is 13.1 Å². The Labute approximate surface area is 229 Å². The maximum atomic E-state index is 12.3. The van der Waals surface area contributed by atoms with E-state index < -0.39 is 50.0 Å². The van der Waals surface area contributed by atoms with Gasteiger partial charge in [-0.25, -0.2) is 9.36 Å². The van der Waals surface area contributed by atoms with Gasteiger partial charge in [0.25, 0.3) is 5.56 Å². The lowest BCUT2D eigenvalue weighted by Crippen LogP contribution is -2.33. The van der Waals surface area contributed by atoms with Gasteiger partial charge in [0, 0.05) is 51.7 Å². The molecule has 1 aliphatic rings. The number of carbonyl (C=O) groups excluding carboxylic acids is 3. The van der Waals surface area contributed by atoms with E-state index in [-0.39, 0.29) is 36.6 Å². The first-order valence-electron chi connectivity index (χ1n) is 12.7. The predicted molar refractivity (Wildman–Crippen MR) is 141 cm³/mol. The van der Waals surface area contributed by atoms with Crippen LogP contribution in [0.2, 0.25) is 0 Å². The minimum atomic E-state index is -4.88. The molecule has 0 radical (unpaired) electrons. The van der Waals surface area contributed by atoms with Gasteiger partial charge in [0.1, 0.15) is 18.4 Å². The van der Waals surface area contributed by atoms with Crippen LogP contribution in [0.5, 0.6) is 0 Å². The smallest absolute Gasteiger partial charge is 0.394 e. The fourth-order valence-corrected chi connectivity index (χ4v) is 4.44. The second kappa shape index (κ2) is 16.2. The molecule has 1 aliphatic heterocycles. The summed E-state index contributed by atoms with van der Waals surface area (Å²) in [6.07, 6.45) is 3.27. The van der Waals surface area contributed by atoms with Crippen molar-refractivity contribution in [1.29, 1.82) is 0 Å². The van der Waals surface area contributed by atoms with E-state index in [1.54, 1.807) is 0 Å². The molecule has 0 spiro atoms. The Balaban J connectivity index is 1.77. The number of aliphatic hydroxyl groups excluding tert-OH is 1. The zero-order valence-corrected chi connectivity index (χ0v) is 22.9. The molecule has 1 aromatic rings. The highest BCUT2D eigenvalue weighted by Gasteiger charge is 2.40. The Morgan fingerprint density at radius 2 is 1.77 bits per heavy atom. The number of carbonyl (C=O) groups is 3. The Kier molecular flexibility index (Phi) is 13.4. The fourth-order valence-electron chi connectivity index (χ4n) is 3.86. The molecule has 1 saturated heterocycles. The summed E-state index contributed by atoms with van der Waals surface area (Å²) in [5.41, 5.74) is -1.66. The molecular weight excluding hydrogens is 553 g/mol. The molecule has 3 amide bonds. The van der Waals surface area contributed by atoms with Crippen LogP contribution in [0.15, 0.2) is 21.9 Å². The molecule has 0 saturated carbocycles. The van der Waals surface area contributed by atoms with Gasteiger partial charge in [-0.05, 0) is 18.9 Å². The standard InChI is InChI=1S/C23H36N5O11P/c1-24-18(30)8-9-20(32)26-11-5-3-2-4-10-25-19(31)7-6-15-13-28(23(34)27-22(15)33)21-12-16(17(14-29)38-21)39-40(35,36)37/h6-7,13,16-17,21,29H,2-5,8-12,14H2,1H3,(H,24,30)(H,25,31)(H,26,32)(H,27,33,34)(H2,35,36,37)/b7-6+. The molecule has 3 unspecified atom stereocenters. The maximum absolute atomic E-state index is 12.3. The maximum Gasteiger partial charge on any atom is 0.469 e. The van der Waals surface area contributed by atoms with Crippen molar-refractivity contribution in [3.8, 4) is 0 Å². The van der Waals surface area contributed by atoms with E-state index in [1.807, 2.05) is 0 Å². The number of phosphoric acid groups is 1. The molecule has 16 nitrogen and oxygen atoms in total. The number of rotatable bonds is 16. The van der Waals surface area contributed by atoms with Crippen LogP contribution in [0, 0.1) is 0 Å². The lowest BCUT2D eigenvalue weighted by atomic mass is 10.2. The number of hydrogen-bond acceptors (Lipinski definition) is 9. The number of nitrogens with one attached hydrogen (secondary N) is 4. The van der Waals surface area contributed by atoms with Crippen molar-refractivity contribution in [3.63, 3.8) is 0 Å². The number of phosphoric ester groups is 1. The monoisotopic (exact) mass is 589 g/mol. The van der Waals surface area contributed by atoms with E-state index in [0.717, 1.165) is 36.1 Å². The largest absolute Gasteiger partial charge is 0.469 e. The third-order valence-corrected chi connectivity index (χ3v) is 6.48. The van der Waals surface area contributed by atoms with Crippen molar-refractivity contribution >= 4 is 31.6 Å². The highest BCUT2D eigenvalue weighted by Crippen LogP contribution is 2.43. The summed E-state index contributed by atoms with van der Waals surface area (Å²) in [6, 6.07) is 0. The second-order valence-electron chi connectivity index (χ2n) is 8.99. The zero-order valence-electron chi connectivity index (χ0n) is 22.0. The molecule has 0 aliphatic carbocycles. The Hall–Kier alpha value is -3.14. The van der Waals surface area contributed by atoms with E-state index >= 15 is 0 Å². The van der Waals surface area contributed by atoms with Crippen LogP contribution in [0.4, 0.5) is 0 Å². The van der Waals surface area contributed by atoms with E-state index in [4.69, 9.17) is 14.5 Å². The number of aromatic amines is 1. The van der Waals surface area contributed by atoms with Crippen molar-refractivity contribution in [2.75, 3.05) is 26.7 Å². The lowest BCUT2D eigenvalue weighted by Gasteiger charge is -2.16. The van der Waals surface area contributed by atoms with Crippen LogP contribution >= 0.6 is 7.82 Å². The highest BCUT2D eigenvalue weighted by atomic mass is 31.2. The number of aromatic nitrogens is 2. The first kappa shape index (κ1) is 33.1. The SMILES string of the molecule is CNC(=O)CCC(=O)NCCCCCCNC(=O)/C=C/c1cn(C2CC(OP(=O)(O)O)C(CO)O2)c(=O)[nH]c1=O. The molecule has 0 bridgehead atoms. The van der Waals surface area contributed by atoms with Crippen molar-refractivity contribution in [1.82, 2.24) is 25.5 Å². The zero-order chi connectivity index (χ0) is 29.7. The molecule has 224 valence electrons. The van der Waals surface area contributed by atoms with Crippen molar-refractivity contribution in [2.24, 2.45) is 0 Å². The van der Waals surface area contributed by atoms with Gasteiger partial charge in [0.15, 0.2) is 0 Å². The lowest BCUT2D eigenvalue weighted by molar-refractivity contribution is -0.126. The van der Waals surface area contributed by atoms with Gasteiger partial charge >= 0.3 is 13.5 Å². The topological polar surface area (TPSA) is 238 Å². The summed E-state index contributed by atoms with van der Waals surface area (Å²) in [4.78, 5) is 79.6. The average Bonchev–Trinajstić information content (AvgIpc) is 3.28. The van der Waals surface area contributed by atoms with Gasteiger partial charge < -0.3 is 35.6 Å². The van der Waals surface area contributed by atoms with Crippen LogP contribution in [0.3, 0.4) is 0 Å². The third kappa shape index (κ3) is 11.5. The molecule has 2 heterocycles. The number of amides is 3. The Bertz CT molecular complexity index is 1210. The van der Waals surface area contributed by atoms with Gasteiger partial charge in [0.05, 0.1) is 12.2 Å². The van der Waals surface area contributed by atoms with Gasteiger partial charge in [-0.3, -0.25) is 33.3 Å². The summed E-state index contributed by atoms with van der Waals surface area (Å²) in [5.74, 6) is -0.835. The minimum absolute atomic E-state index is 0.0457. The van der Waals surface area contributed by atoms with Gasteiger partial charge in [-0.2, -0.15) is 0 Å². The number of nitrogens with zero attached hydrogens (tertiary/aromatic N) is 1. The first-order chi connectivity index (χ1) is 18.9. The van der Waals surface area contributed by atoms with Crippen molar-refractivity contribution in [2.45, 2.75) is 63.4 Å². The molecule has 0 aromatic carbocycles. The fraction of sp³-hybridized carbons (Fsp3) is 0.609. The van der Waals surface area contributed by atoms with Crippen molar-refractivity contribution < 1.29 is 43.1 Å². The molecule has 1 fully saturated rings. The number of aliphatic hydroxyl groups is 1. The third-order valence-electron chi connectivity index (χ3n) is 5.94. The molecule has 7 N–H and O–H groups in total. The van der Waals surface area contributed by atoms with Crippen LogP contribution in [-0.4, -0.2) is 81.1 Å². The van der Waals surface area contributed by atoms with Crippen LogP contribution in [0.1, 0.15) is 56.7 Å². The minimum Gasteiger partial charge on any atom is -0.394 e. The normalized spacial score (nSPS) is 19.1. The number of ether oxygens (including phenoxy) is 1. The molecule has 3 atom stereocenters. The summed E-state index contributed by atoms with van der Waals surface area (Å²) in [5, 5.41) is 17.3. The van der Waals surface area contributed by atoms with Gasteiger partial charge in [-0.1, -0.05) is 12.8 Å². The molecule has 40 heavy (non-hydrogen) atoms. The van der Waals surface area contributed by atoms with E-state index in [9.17, 15) is 33.6 Å². The van der Waals surface area contributed by atoms with Crippen LogP contribution < -0.4 is 27.2 Å². The first-order valence-corrected chi connectivity index (χ1v) is 14.3. The molecule has 2 rings (SSSR count). The summed E-state index contributed by atoms with van der Waals surface area (Å²) in [7, 11) is -3.37. The van der Waals surface area contributed by atoms with E-state index in [0.29, 0.717) is 19.5 Å². The Morgan fingerprint density at radius 3 is 2.40 bits per heavy atom. The quantitative estimate of drug-likeness (QED) is 0.0674. The number of hydrogen-bond donors (Lipinski definition) is 7. The molecular formula is C23H36N5O11P. The molecule has 1 aromatic heterocycles. The number of H-pyrrole nitrogens is 1. The number of unbranched alkanes of at least 4 members (excludes halogenated alkanes) is 3. The van der Waals surface area contributed by atoms with Crippen LogP contribution in [-0.2, 0) is 28.2 Å². The summed E-state index contributed by atoms with van der Waals surface area (Å²) < 4.78 is 22.3. The van der Waals surface area contributed by atoms with Gasteiger partial charge in [0.2, 0.25) is 17.7 Å². The second-order valence-corrected chi connectivity index (χ2v) is 10.2. The van der Waals surface area contributed by atoms with Gasteiger partial charge in [-0.15, -0.1) is 0 Å². The van der Waals surface area contributed by atoms with E-state index in [2.05, 4.69) is 25.5 Å².